The number of aromatic nitrogens is 2. The largest absolute Gasteiger partial charge is 0.354 e. The topological polar surface area (TPSA) is 67.2 Å². The summed E-state index contributed by atoms with van der Waals surface area (Å²) in [6.45, 7) is 0.982. The number of thiophene rings is 1. The SMILES string of the molecule is CNC(=O)c1nn(CN(C)Cc2ccc(Br)s2)c(=O)c2ccccc12. The van der Waals surface area contributed by atoms with Crippen LogP contribution in [-0.2, 0) is 13.2 Å². The van der Waals surface area contributed by atoms with Gasteiger partial charge in [0.15, 0.2) is 5.69 Å². The van der Waals surface area contributed by atoms with Crippen LogP contribution in [0.15, 0.2) is 45.0 Å². The lowest BCUT2D eigenvalue weighted by molar-refractivity contribution is 0.0956. The van der Waals surface area contributed by atoms with E-state index in [0.29, 0.717) is 24.0 Å². The van der Waals surface area contributed by atoms with Crippen LogP contribution >= 0.6 is 27.3 Å². The van der Waals surface area contributed by atoms with Crippen molar-refractivity contribution in [2.75, 3.05) is 14.1 Å². The fourth-order valence-electron chi connectivity index (χ4n) is 2.60. The summed E-state index contributed by atoms with van der Waals surface area (Å²) in [5.74, 6) is -0.310. The van der Waals surface area contributed by atoms with Gasteiger partial charge in [-0.2, -0.15) is 5.10 Å². The molecule has 1 amide bonds. The molecule has 0 fully saturated rings. The molecule has 2 aromatic heterocycles. The van der Waals surface area contributed by atoms with E-state index in [-0.39, 0.29) is 17.2 Å². The number of carbonyl (C=O) groups excluding carboxylic acids is 1. The number of amides is 1. The van der Waals surface area contributed by atoms with E-state index in [0.717, 1.165) is 3.79 Å². The number of hydrogen-bond acceptors (Lipinski definition) is 5. The van der Waals surface area contributed by atoms with Crippen molar-refractivity contribution in [3.63, 3.8) is 0 Å². The van der Waals surface area contributed by atoms with Crippen LogP contribution in [0, 0.1) is 0 Å². The molecule has 2 heterocycles. The number of rotatable bonds is 5. The monoisotopic (exact) mass is 420 g/mol. The molecule has 3 rings (SSSR count). The van der Waals surface area contributed by atoms with E-state index in [4.69, 9.17) is 0 Å². The second kappa shape index (κ2) is 7.47. The zero-order chi connectivity index (χ0) is 18.0. The number of hydrogen-bond donors (Lipinski definition) is 1. The summed E-state index contributed by atoms with van der Waals surface area (Å²) in [7, 11) is 3.46. The van der Waals surface area contributed by atoms with Crippen LogP contribution in [0.1, 0.15) is 15.4 Å². The average Bonchev–Trinajstić information content (AvgIpc) is 3.01. The third kappa shape index (κ3) is 3.81. The van der Waals surface area contributed by atoms with Crippen LogP contribution < -0.4 is 10.9 Å². The number of benzene rings is 1. The zero-order valence-corrected chi connectivity index (χ0v) is 16.2. The maximum Gasteiger partial charge on any atom is 0.275 e. The molecule has 1 aromatic carbocycles. The maximum atomic E-state index is 12.7. The van der Waals surface area contributed by atoms with Crippen molar-refractivity contribution >= 4 is 43.9 Å². The highest BCUT2D eigenvalue weighted by molar-refractivity contribution is 9.11. The van der Waals surface area contributed by atoms with Crippen LogP contribution in [-0.4, -0.2) is 34.7 Å². The van der Waals surface area contributed by atoms with Gasteiger partial charge in [0.1, 0.15) is 0 Å². The second-order valence-electron chi connectivity index (χ2n) is 5.64. The first-order valence-electron chi connectivity index (χ1n) is 7.64. The predicted octanol–water partition coefficient (Wildman–Crippen LogP) is 2.67. The highest BCUT2D eigenvalue weighted by atomic mass is 79.9. The van der Waals surface area contributed by atoms with Gasteiger partial charge in [-0.3, -0.25) is 14.5 Å². The Bertz CT molecular complexity index is 982. The Morgan fingerprint density at radius 2 is 2.00 bits per heavy atom. The van der Waals surface area contributed by atoms with Gasteiger partial charge in [-0.15, -0.1) is 11.3 Å². The highest BCUT2D eigenvalue weighted by Gasteiger charge is 2.16. The molecular formula is C17H17BrN4O2S. The smallest absolute Gasteiger partial charge is 0.275 e. The molecule has 0 atom stereocenters. The summed E-state index contributed by atoms with van der Waals surface area (Å²) >= 11 is 5.10. The van der Waals surface area contributed by atoms with Gasteiger partial charge >= 0.3 is 0 Å². The molecule has 0 bridgehead atoms. The summed E-state index contributed by atoms with van der Waals surface area (Å²) in [5.41, 5.74) is 0.0485. The lowest BCUT2D eigenvalue weighted by atomic mass is 10.1. The Labute approximate surface area is 157 Å². The van der Waals surface area contributed by atoms with E-state index < -0.39 is 0 Å². The summed E-state index contributed by atoms with van der Waals surface area (Å²) in [4.78, 5) is 28.0. The van der Waals surface area contributed by atoms with E-state index in [2.05, 4.69) is 26.3 Å². The molecular weight excluding hydrogens is 404 g/mol. The third-order valence-corrected chi connectivity index (χ3v) is 5.35. The van der Waals surface area contributed by atoms with Gasteiger partial charge in [0.05, 0.1) is 15.8 Å². The minimum Gasteiger partial charge on any atom is -0.354 e. The van der Waals surface area contributed by atoms with Gasteiger partial charge in [-0.1, -0.05) is 18.2 Å². The van der Waals surface area contributed by atoms with Crippen molar-refractivity contribution in [2.45, 2.75) is 13.2 Å². The first-order valence-corrected chi connectivity index (χ1v) is 9.25. The molecule has 0 radical (unpaired) electrons. The lowest BCUT2D eigenvalue weighted by Crippen LogP contribution is -2.34. The number of halogens is 1. The molecule has 6 nitrogen and oxygen atoms in total. The van der Waals surface area contributed by atoms with Gasteiger partial charge in [0.2, 0.25) is 0 Å². The predicted molar refractivity (Wildman–Crippen MR) is 103 cm³/mol. The van der Waals surface area contributed by atoms with E-state index in [9.17, 15) is 9.59 Å². The molecule has 0 saturated heterocycles. The summed E-state index contributed by atoms with van der Waals surface area (Å²) in [6.07, 6.45) is 0. The second-order valence-corrected chi connectivity index (χ2v) is 8.19. The van der Waals surface area contributed by atoms with Crippen molar-refractivity contribution in [2.24, 2.45) is 0 Å². The Morgan fingerprint density at radius 1 is 1.28 bits per heavy atom. The fraction of sp³-hybridized carbons (Fsp3) is 0.235. The first-order chi connectivity index (χ1) is 12.0. The number of fused-ring (bicyclic) bond motifs is 1. The summed E-state index contributed by atoms with van der Waals surface area (Å²) < 4.78 is 2.41. The molecule has 0 unspecified atom stereocenters. The normalized spacial score (nSPS) is 11.2. The molecule has 25 heavy (non-hydrogen) atoms. The summed E-state index contributed by atoms with van der Waals surface area (Å²) in [6, 6.07) is 11.1. The Hall–Kier alpha value is -2.03. The van der Waals surface area contributed by atoms with Crippen LogP contribution in [0.25, 0.3) is 10.8 Å². The zero-order valence-electron chi connectivity index (χ0n) is 13.8. The van der Waals surface area contributed by atoms with Gasteiger partial charge < -0.3 is 5.32 Å². The van der Waals surface area contributed by atoms with Gasteiger partial charge in [0, 0.05) is 23.9 Å². The molecule has 1 N–H and O–H groups in total. The highest BCUT2D eigenvalue weighted by Crippen LogP contribution is 2.23. The minimum absolute atomic E-state index is 0.206. The maximum absolute atomic E-state index is 12.7. The Kier molecular flexibility index (Phi) is 5.31. The lowest BCUT2D eigenvalue weighted by Gasteiger charge is -2.17. The number of nitrogens with one attached hydrogen (secondary N) is 1. The summed E-state index contributed by atoms with van der Waals surface area (Å²) in [5, 5.41) is 7.94. The van der Waals surface area contributed by atoms with Crippen molar-refractivity contribution in [3.8, 4) is 0 Å². The third-order valence-electron chi connectivity index (χ3n) is 3.74. The van der Waals surface area contributed by atoms with Crippen LogP contribution in [0.4, 0.5) is 0 Å². The fourth-order valence-corrected chi connectivity index (χ4v) is 4.16. The van der Waals surface area contributed by atoms with Crippen molar-refractivity contribution in [1.82, 2.24) is 20.0 Å². The average molecular weight is 421 g/mol. The van der Waals surface area contributed by atoms with Crippen molar-refractivity contribution in [1.29, 1.82) is 0 Å². The molecule has 8 heteroatoms. The van der Waals surface area contributed by atoms with Crippen LogP contribution in [0.3, 0.4) is 0 Å². The van der Waals surface area contributed by atoms with Gasteiger partial charge in [0.25, 0.3) is 11.5 Å². The first kappa shape index (κ1) is 17.8. The van der Waals surface area contributed by atoms with E-state index in [1.54, 1.807) is 42.6 Å². The molecule has 0 spiro atoms. The van der Waals surface area contributed by atoms with Crippen LogP contribution in [0.5, 0.6) is 0 Å². The van der Waals surface area contributed by atoms with E-state index >= 15 is 0 Å². The van der Waals surface area contributed by atoms with Crippen molar-refractivity contribution < 1.29 is 4.79 Å². The quantitative estimate of drug-likeness (QED) is 0.688. The standard InChI is InChI=1S/C17H17BrN4O2S/c1-19-16(23)15-12-5-3-4-6-13(12)17(24)22(20-15)10-21(2)9-11-7-8-14(18)25-11/h3-8H,9-10H2,1-2H3,(H,19,23). The minimum atomic E-state index is -0.310. The molecule has 0 aliphatic rings. The van der Waals surface area contributed by atoms with Gasteiger partial charge in [-0.05, 0) is 41.2 Å². The molecule has 130 valence electrons. The molecule has 3 aromatic rings. The Balaban J connectivity index is 1.96. The molecule has 0 aliphatic heterocycles. The Morgan fingerprint density at radius 3 is 2.64 bits per heavy atom. The van der Waals surface area contributed by atoms with E-state index in [1.807, 2.05) is 24.1 Å². The number of nitrogens with zero attached hydrogens (tertiary/aromatic N) is 3. The molecule has 0 saturated carbocycles. The van der Waals surface area contributed by atoms with E-state index in [1.165, 1.54) is 9.56 Å². The van der Waals surface area contributed by atoms with Gasteiger partial charge in [-0.25, -0.2) is 4.68 Å². The molecule has 0 aliphatic carbocycles. The van der Waals surface area contributed by atoms with Crippen molar-refractivity contribution in [3.05, 3.63) is 61.1 Å². The number of carbonyl (C=O) groups is 1. The van der Waals surface area contributed by atoms with Crippen LogP contribution in [0.2, 0.25) is 0 Å².